The number of benzene rings is 1. The summed E-state index contributed by atoms with van der Waals surface area (Å²) in [6.45, 7) is 0.969. The third-order valence-corrected chi connectivity index (χ3v) is 4.47. The number of nitrogens with two attached hydrogens (primary N) is 1. The lowest BCUT2D eigenvalue weighted by atomic mass is 9.79. The number of fused-ring (bicyclic) bond motifs is 1. The Kier molecular flexibility index (Phi) is 4.30. The topological polar surface area (TPSA) is 127 Å². The molecular weight excluding hydrogens is 312 g/mol. The van der Waals surface area contributed by atoms with Crippen molar-refractivity contribution >= 4 is 22.6 Å². The van der Waals surface area contributed by atoms with Crippen LogP contribution in [0.5, 0.6) is 0 Å². The predicted octanol–water partition coefficient (Wildman–Crippen LogP) is -0.0650. The SMILES string of the molecule is NC(=O)C1(CNC(=O)c2n[nH]c(=O)c3ccccc23)CCOCC1. The Balaban J connectivity index is 1.84. The van der Waals surface area contributed by atoms with E-state index in [1.807, 2.05) is 0 Å². The zero-order chi connectivity index (χ0) is 17.2. The molecule has 126 valence electrons. The number of H-pyrrole nitrogens is 1. The molecule has 0 radical (unpaired) electrons. The molecule has 0 unspecified atom stereocenters. The van der Waals surface area contributed by atoms with E-state index >= 15 is 0 Å². The van der Waals surface area contributed by atoms with Gasteiger partial charge in [-0.25, -0.2) is 5.10 Å². The van der Waals surface area contributed by atoms with Crippen LogP contribution in [0.2, 0.25) is 0 Å². The summed E-state index contributed by atoms with van der Waals surface area (Å²) in [5, 5.41) is 9.73. The van der Waals surface area contributed by atoms with Crippen molar-refractivity contribution < 1.29 is 14.3 Å². The van der Waals surface area contributed by atoms with Crippen LogP contribution in [0.3, 0.4) is 0 Å². The van der Waals surface area contributed by atoms with Crippen molar-refractivity contribution in [3.05, 3.63) is 40.3 Å². The molecule has 1 saturated heterocycles. The van der Waals surface area contributed by atoms with E-state index in [2.05, 4.69) is 15.5 Å². The van der Waals surface area contributed by atoms with E-state index in [4.69, 9.17) is 10.5 Å². The Morgan fingerprint density at radius 1 is 1.25 bits per heavy atom. The summed E-state index contributed by atoms with van der Waals surface area (Å²) in [5.74, 6) is -0.917. The Bertz CT molecular complexity index is 839. The van der Waals surface area contributed by atoms with Crippen LogP contribution in [0.25, 0.3) is 10.8 Å². The van der Waals surface area contributed by atoms with E-state index in [0.717, 1.165) is 0 Å². The number of carbonyl (C=O) groups excluding carboxylic acids is 2. The largest absolute Gasteiger partial charge is 0.381 e. The molecule has 4 N–H and O–H groups in total. The fourth-order valence-corrected chi connectivity index (χ4v) is 2.89. The second-order valence-electron chi connectivity index (χ2n) is 5.89. The highest BCUT2D eigenvalue weighted by atomic mass is 16.5. The first-order valence-corrected chi connectivity index (χ1v) is 7.67. The molecule has 0 aliphatic carbocycles. The summed E-state index contributed by atoms with van der Waals surface area (Å²) < 4.78 is 5.26. The van der Waals surface area contributed by atoms with Gasteiger partial charge in [-0.15, -0.1) is 0 Å². The summed E-state index contributed by atoms with van der Waals surface area (Å²) >= 11 is 0. The molecule has 1 aliphatic rings. The first kappa shape index (κ1) is 16.1. The average Bonchev–Trinajstić information content (AvgIpc) is 2.61. The van der Waals surface area contributed by atoms with Gasteiger partial charge in [0.1, 0.15) is 0 Å². The Morgan fingerprint density at radius 2 is 1.92 bits per heavy atom. The summed E-state index contributed by atoms with van der Waals surface area (Å²) in [5.41, 5.74) is 4.46. The molecule has 1 aromatic carbocycles. The van der Waals surface area contributed by atoms with Gasteiger partial charge in [0.25, 0.3) is 11.5 Å². The zero-order valence-corrected chi connectivity index (χ0v) is 13.0. The fourth-order valence-electron chi connectivity index (χ4n) is 2.89. The van der Waals surface area contributed by atoms with Gasteiger partial charge in [0, 0.05) is 25.1 Å². The molecule has 2 heterocycles. The summed E-state index contributed by atoms with van der Waals surface area (Å²) in [6.07, 6.45) is 0.921. The quantitative estimate of drug-likeness (QED) is 0.723. The van der Waals surface area contributed by atoms with Gasteiger partial charge in [0.15, 0.2) is 5.69 Å². The van der Waals surface area contributed by atoms with Crippen molar-refractivity contribution in [2.24, 2.45) is 11.1 Å². The standard InChI is InChI=1S/C16H18N4O4/c17-15(23)16(5-7-24-8-6-16)9-18-14(22)12-10-3-1-2-4-11(10)13(21)20-19-12/h1-4H,5-9H2,(H2,17,23)(H,18,22)(H,20,21). The number of nitrogens with one attached hydrogen (secondary N) is 2. The Labute approximate surface area is 137 Å². The van der Waals surface area contributed by atoms with Gasteiger partial charge < -0.3 is 15.8 Å². The molecule has 0 bridgehead atoms. The third kappa shape index (κ3) is 2.88. The normalized spacial score (nSPS) is 16.7. The number of ether oxygens (including phenoxy) is 1. The minimum atomic E-state index is -0.814. The number of aromatic amines is 1. The number of hydrogen-bond acceptors (Lipinski definition) is 5. The molecule has 1 aliphatic heterocycles. The van der Waals surface area contributed by atoms with Gasteiger partial charge in [-0.05, 0) is 18.9 Å². The molecule has 3 rings (SSSR count). The predicted molar refractivity (Wildman–Crippen MR) is 86.4 cm³/mol. The van der Waals surface area contributed by atoms with E-state index in [0.29, 0.717) is 36.8 Å². The first-order valence-electron chi connectivity index (χ1n) is 7.67. The molecule has 0 saturated carbocycles. The molecule has 0 spiro atoms. The highest BCUT2D eigenvalue weighted by Gasteiger charge is 2.38. The van der Waals surface area contributed by atoms with Crippen LogP contribution in [0.4, 0.5) is 0 Å². The molecule has 1 aromatic heterocycles. The monoisotopic (exact) mass is 330 g/mol. The van der Waals surface area contributed by atoms with Crippen molar-refractivity contribution in [2.45, 2.75) is 12.8 Å². The van der Waals surface area contributed by atoms with Crippen LogP contribution in [-0.2, 0) is 9.53 Å². The lowest BCUT2D eigenvalue weighted by molar-refractivity contribution is -0.132. The fraction of sp³-hybridized carbons (Fsp3) is 0.375. The average molecular weight is 330 g/mol. The van der Waals surface area contributed by atoms with E-state index in [-0.39, 0.29) is 17.8 Å². The molecular formula is C16H18N4O4. The van der Waals surface area contributed by atoms with E-state index in [1.54, 1.807) is 24.3 Å². The second kappa shape index (κ2) is 6.40. The minimum absolute atomic E-state index is 0.108. The summed E-state index contributed by atoms with van der Waals surface area (Å²) in [4.78, 5) is 36.1. The highest BCUT2D eigenvalue weighted by molar-refractivity contribution is 6.04. The van der Waals surface area contributed by atoms with Gasteiger partial charge in [0.2, 0.25) is 5.91 Å². The van der Waals surface area contributed by atoms with Crippen LogP contribution >= 0.6 is 0 Å². The number of amides is 2. The van der Waals surface area contributed by atoms with Crippen LogP contribution in [-0.4, -0.2) is 41.8 Å². The van der Waals surface area contributed by atoms with E-state index in [9.17, 15) is 14.4 Å². The maximum Gasteiger partial charge on any atom is 0.272 e. The van der Waals surface area contributed by atoms with E-state index < -0.39 is 17.2 Å². The number of hydrogen-bond donors (Lipinski definition) is 3. The first-order chi connectivity index (χ1) is 11.5. The summed E-state index contributed by atoms with van der Waals surface area (Å²) in [6, 6.07) is 6.72. The van der Waals surface area contributed by atoms with Gasteiger partial charge in [-0.1, -0.05) is 18.2 Å². The molecule has 0 atom stereocenters. The molecule has 8 heteroatoms. The highest BCUT2D eigenvalue weighted by Crippen LogP contribution is 2.29. The maximum absolute atomic E-state index is 12.5. The number of carbonyl (C=O) groups is 2. The Hall–Kier alpha value is -2.74. The maximum atomic E-state index is 12.5. The number of aromatic nitrogens is 2. The van der Waals surface area contributed by atoms with Crippen molar-refractivity contribution in [1.29, 1.82) is 0 Å². The van der Waals surface area contributed by atoms with Gasteiger partial charge >= 0.3 is 0 Å². The Morgan fingerprint density at radius 3 is 2.58 bits per heavy atom. The van der Waals surface area contributed by atoms with Crippen LogP contribution in [0.15, 0.2) is 29.1 Å². The van der Waals surface area contributed by atoms with Gasteiger partial charge in [-0.2, -0.15) is 5.10 Å². The lowest BCUT2D eigenvalue weighted by Gasteiger charge is -2.34. The molecule has 24 heavy (non-hydrogen) atoms. The van der Waals surface area contributed by atoms with Crippen molar-refractivity contribution in [1.82, 2.24) is 15.5 Å². The van der Waals surface area contributed by atoms with Crippen molar-refractivity contribution in [3.63, 3.8) is 0 Å². The molecule has 2 amide bonds. The van der Waals surface area contributed by atoms with Crippen molar-refractivity contribution in [2.75, 3.05) is 19.8 Å². The third-order valence-electron chi connectivity index (χ3n) is 4.47. The lowest BCUT2D eigenvalue weighted by Crippen LogP contribution is -2.49. The minimum Gasteiger partial charge on any atom is -0.381 e. The number of nitrogens with zero attached hydrogens (tertiary/aromatic N) is 1. The molecule has 8 nitrogen and oxygen atoms in total. The zero-order valence-electron chi connectivity index (χ0n) is 13.0. The molecule has 2 aromatic rings. The summed E-state index contributed by atoms with van der Waals surface area (Å²) in [7, 11) is 0. The second-order valence-corrected chi connectivity index (χ2v) is 5.89. The van der Waals surface area contributed by atoms with Gasteiger partial charge in [-0.3, -0.25) is 14.4 Å². The van der Waals surface area contributed by atoms with Gasteiger partial charge in [0.05, 0.1) is 10.8 Å². The number of primary amides is 1. The van der Waals surface area contributed by atoms with E-state index in [1.165, 1.54) is 0 Å². The smallest absolute Gasteiger partial charge is 0.272 e. The molecule has 1 fully saturated rings. The van der Waals surface area contributed by atoms with Crippen LogP contribution in [0, 0.1) is 5.41 Å². The van der Waals surface area contributed by atoms with Crippen molar-refractivity contribution in [3.8, 4) is 0 Å². The number of rotatable bonds is 4. The van der Waals surface area contributed by atoms with Crippen LogP contribution < -0.4 is 16.6 Å². The van der Waals surface area contributed by atoms with Crippen LogP contribution in [0.1, 0.15) is 23.3 Å².